The summed E-state index contributed by atoms with van der Waals surface area (Å²) in [5.74, 6) is 1.45. The Kier molecular flexibility index (Phi) is 2.30. The first-order valence-corrected chi connectivity index (χ1v) is 4.68. The summed E-state index contributed by atoms with van der Waals surface area (Å²) < 4.78 is 0. The summed E-state index contributed by atoms with van der Waals surface area (Å²) in [5, 5.41) is 2.73. The third-order valence-corrected chi connectivity index (χ3v) is 2.14. The lowest BCUT2D eigenvalue weighted by molar-refractivity contribution is 0.252. The smallest absolute Gasteiger partial charge is 0.323 e. The van der Waals surface area contributed by atoms with Gasteiger partial charge in [-0.25, -0.2) is 14.8 Å². The Hall–Kier alpha value is -1.65. The van der Waals surface area contributed by atoms with Crippen molar-refractivity contribution in [2.45, 2.75) is 13.3 Å². The van der Waals surface area contributed by atoms with E-state index in [1.807, 2.05) is 6.92 Å². The summed E-state index contributed by atoms with van der Waals surface area (Å²) in [4.78, 5) is 21.3. The SMILES string of the molecule is CCc1nccc(N2CCNC2=O)n1. The molecule has 74 valence electrons. The Balaban J connectivity index is 2.26. The van der Waals surface area contributed by atoms with Crippen LogP contribution in [-0.4, -0.2) is 29.1 Å². The van der Waals surface area contributed by atoms with E-state index < -0.39 is 0 Å². The molecule has 0 aliphatic carbocycles. The number of hydrogen-bond acceptors (Lipinski definition) is 3. The van der Waals surface area contributed by atoms with Crippen molar-refractivity contribution in [3.63, 3.8) is 0 Å². The molecule has 1 fully saturated rings. The monoisotopic (exact) mass is 192 g/mol. The number of rotatable bonds is 2. The van der Waals surface area contributed by atoms with Gasteiger partial charge in [-0.3, -0.25) is 4.90 Å². The zero-order valence-corrected chi connectivity index (χ0v) is 8.03. The molecule has 1 N–H and O–H groups in total. The van der Waals surface area contributed by atoms with Gasteiger partial charge in [0.15, 0.2) is 0 Å². The molecule has 0 bridgehead atoms. The lowest BCUT2D eigenvalue weighted by atomic mass is 10.4. The minimum Gasteiger partial charge on any atom is -0.336 e. The highest BCUT2D eigenvalue weighted by atomic mass is 16.2. The lowest BCUT2D eigenvalue weighted by Crippen LogP contribution is -2.28. The van der Waals surface area contributed by atoms with E-state index >= 15 is 0 Å². The van der Waals surface area contributed by atoms with Gasteiger partial charge in [0, 0.05) is 25.7 Å². The number of hydrogen-bond donors (Lipinski definition) is 1. The molecule has 0 atom stereocenters. The van der Waals surface area contributed by atoms with Crippen LogP contribution in [0.25, 0.3) is 0 Å². The highest BCUT2D eigenvalue weighted by Crippen LogP contribution is 2.12. The van der Waals surface area contributed by atoms with E-state index in [-0.39, 0.29) is 6.03 Å². The fraction of sp³-hybridized carbons (Fsp3) is 0.444. The van der Waals surface area contributed by atoms with Crippen LogP contribution in [0.3, 0.4) is 0 Å². The van der Waals surface area contributed by atoms with Crippen molar-refractivity contribution in [1.82, 2.24) is 15.3 Å². The minimum atomic E-state index is -0.0780. The van der Waals surface area contributed by atoms with Crippen molar-refractivity contribution >= 4 is 11.8 Å². The van der Waals surface area contributed by atoms with E-state index in [0.717, 1.165) is 12.2 Å². The van der Waals surface area contributed by atoms with Gasteiger partial charge < -0.3 is 5.32 Å². The van der Waals surface area contributed by atoms with Crippen LogP contribution < -0.4 is 10.2 Å². The molecule has 1 aromatic heterocycles. The van der Waals surface area contributed by atoms with E-state index in [4.69, 9.17) is 0 Å². The third kappa shape index (κ3) is 1.53. The van der Waals surface area contributed by atoms with E-state index in [1.54, 1.807) is 17.2 Å². The van der Waals surface area contributed by atoms with Gasteiger partial charge in [0.1, 0.15) is 11.6 Å². The fourth-order valence-corrected chi connectivity index (χ4v) is 1.40. The topological polar surface area (TPSA) is 58.1 Å². The largest absolute Gasteiger partial charge is 0.336 e. The van der Waals surface area contributed by atoms with Crippen molar-refractivity contribution in [2.75, 3.05) is 18.0 Å². The predicted molar refractivity (Wildman–Crippen MR) is 52.2 cm³/mol. The minimum absolute atomic E-state index is 0.0780. The Bertz CT molecular complexity index is 352. The fourth-order valence-electron chi connectivity index (χ4n) is 1.40. The molecule has 2 rings (SSSR count). The molecule has 0 radical (unpaired) electrons. The van der Waals surface area contributed by atoms with Crippen molar-refractivity contribution in [3.8, 4) is 0 Å². The van der Waals surface area contributed by atoms with Crippen LogP contribution in [0, 0.1) is 0 Å². The van der Waals surface area contributed by atoms with Crippen LogP contribution in [0.2, 0.25) is 0 Å². The van der Waals surface area contributed by atoms with E-state index in [1.165, 1.54) is 0 Å². The van der Waals surface area contributed by atoms with Crippen LogP contribution in [-0.2, 0) is 6.42 Å². The van der Waals surface area contributed by atoms with Crippen LogP contribution in [0.15, 0.2) is 12.3 Å². The molecule has 0 spiro atoms. The van der Waals surface area contributed by atoms with Gasteiger partial charge in [0.05, 0.1) is 0 Å². The number of carbonyl (C=O) groups is 1. The average Bonchev–Trinajstić information content (AvgIpc) is 2.65. The molecule has 2 amide bonds. The van der Waals surface area contributed by atoms with Gasteiger partial charge in [-0.15, -0.1) is 0 Å². The lowest BCUT2D eigenvalue weighted by Gasteiger charge is -2.12. The normalized spacial score (nSPS) is 15.8. The molecule has 14 heavy (non-hydrogen) atoms. The number of urea groups is 1. The molecule has 0 aromatic carbocycles. The van der Waals surface area contributed by atoms with Crippen LogP contribution in [0.1, 0.15) is 12.7 Å². The van der Waals surface area contributed by atoms with Crippen LogP contribution >= 0.6 is 0 Å². The van der Waals surface area contributed by atoms with Gasteiger partial charge in [0.2, 0.25) is 0 Å². The second kappa shape index (κ2) is 3.61. The maximum absolute atomic E-state index is 11.3. The highest BCUT2D eigenvalue weighted by molar-refractivity contribution is 5.92. The number of aromatic nitrogens is 2. The standard InChI is InChI=1S/C9H12N4O/c1-2-7-10-4-3-8(12-7)13-6-5-11-9(13)14/h3-4H,2,5-6H2,1H3,(H,11,14). The van der Waals surface area contributed by atoms with E-state index in [0.29, 0.717) is 18.9 Å². The van der Waals surface area contributed by atoms with Crippen molar-refractivity contribution in [1.29, 1.82) is 0 Å². The predicted octanol–water partition coefficient (Wildman–Crippen LogP) is 0.569. The van der Waals surface area contributed by atoms with Gasteiger partial charge in [-0.05, 0) is 6.07 Å². The van der Waals surface area contributed by atoms with Gasteiger partial charge in [-0.2, -0.15) is 0 Å². The van der Waals surface area contributed by atoms with E-state index in [9.17, 15) is 4.79 Å². The molecule has 5 nitrogen and oxygen atoms in total. The molecule has 1 aromatic rings. The zero-order chi connectivity index (χ0) is 9.97. The zero-order valence-electron chi connectivity index (χ0n) is 8.03. The summed E-state index contributed by atoms with van der Waals surface area (Å²) in [5.41, 5.74) is 0. The highest BCUT2D eigenvalue weighted by Gasteiger charge is 2.22. The number of nitrogens with one attached hydrogen (secondary N) is 1. The number of anilines is 1. The molecule has 5 heteroatoms. The summed E-state index contributed by atoms with van der Waals surface area (Å²) in [7, 11) is 0. The third-order valence-electron chi connectivity index (χ3n) is 2.14. The molecule has 0 unspecified atom stereocenters. The Morgan fingerprint density at radius 3 is 3.14 bits per heavy atom. The molecule has 1 aliphatic rings. The maximum atomic E-state index is 11.3. The maximum Gasteiger partial charge on any atom is 0.323 e. The number of amides is 2. The quantitative estimate of drug-likeness (QED) is 0.745. The van der Waals surface area contributed by atoms with Crippen molar-refractivity contribution in [2.24, 2.45) is 0 Å². The van der Waals surface area contributed by atoms with Gasteiger partial charge >= 0.3 is 6.03 Å². The van der Waals surface area contributed by atoms with Crippen LogP contribution in [0.4, 0.5) is 10.6 Å². The average molecular weight is 192 g/mol. The number of nitrogens with zero attached hydrogens (tertiary/aromatic N) is 3. The second-order valence-electron chi connectivity index (χ2n) is 3.07. The first-order chi connectivity index (χ1) is 6.81. The Morgan fingerprint density at radius 1 is 1.64 bits per heavy atom. The number of carbonyl (C=O) groups excluding carboxylic acids is 1. The van der Waals surface area contributed by atoms with Gasteiger partial charge in [0.25, 0.3) is 0 Å². The van der Waals surface area contributed by atoms with Gasteiger partial charge in [-0.1, -0.05) is 6.92 Å². The van der Waals surface area contributed by atoms with E-state index in [2.05, 4.69) is 15.3 Å². The Labute approximate surface area is 82.2 Å². The Morgan fingerprint density at radius 2 is 2.50 bits per heavy atom. The van der Waals surface area contributed by atoms with Crippen molar-refractivity contribution in [3.05, 3.63) is 18.1 Å². The molecular weight excluding hydrogens is 180 g/mol. The molecular formula is C9H12N4O. The molecule has 1 saturated heterocycles. The first kappa shape index (κ1) is 8.93. The summed E-state index contributed by atoms with van der Waals surface area (Å²) in [6.45, 7) is 3.35. The van der Waals surface area contributed by atoms with Crippen LogP contribution in [0.5, 0.6) is 0 Å². The molecule has 2 heterocycles. The summed E-state index contributed by atoms with van der Waals surface area (Å²) in [6.07, 6.45) is 2.47. The summed E-state index contributed by atoms with van der Waals surface area (Å²) >= 11 is 0. The summed E-state index contributed by atoms with van der Waals surface area (Å²) in [6, 6.07) is 1.68. The first-order valence-electron chi connectivity index (χ1n) is 4.68. The van der Waals surface area contributed by atoms with Crippen molar-refractivity contribution < 1.29 is 4.79 Å². The second-order valence-corrected chi connectivity index (χ2v) is 3.07. The molecule has 0 saturated carbocycles. The number of aryl methyl sites for hydroxylation is 1. The molecule has 1 aliphatic heterocycles.